The molecule has 0 atom stereocenters. The lowest BCUT2D eigenvalue weighted by Gasteiger charge is -2.35. The molecule has 2 aromatic heterocycles. The van der Waals surface area contributed by atoms with Crippen LogP contribution in [0.4, 0.5) is 5.82 Å². The van der Waals surface area contributed by atoms with Crippen LogP contribution in [-0.4, -0.2) is 53.4 Å². The van der Waals surface area contributed by atoms with E-state index in [0.717, 1.165) is 22.3 Å². The lowest BCUT2D eigenvalue weighted by atomic mass is 10.0. The van der Waals surface area contributed by atoms with Gasteiger partial charge in [0.1, 0.15) is 0 Å². The molecule has 0 aliphatic carbocycles. The van der Waals surface area contributed by atoms with Gasteiger partial charge in [0, 0.05) is 39.4 Å². The van der Waals surface area contributed by atoms with Crippen molar-refractivity contribution in [2.24, 2.45) is 7.05 Å². The molecule has 164 valence electrons. The molecule has 1 saturated heterocycles. The Hall–Kier alpha value is -2.78. The summed E-state index contributed by atoms with van der Waals surface area (Å²) in [5, 5.41) is 0. The third-order valence-electron chi connectivity index (χ3n) is 6.29. The minimum Gasteiger partial charge on any atom is -0.349 e. The fraction of sp³-hybridized carbons (Fsp3) is 0.409. The summed E-state index contributed by atoms with van der Waals surface area (Å²) in [6.07, 6.45) is 3.26. The van der Waals surface area contributed by atoms with Crippen molar-refractivity contribution in [3.63, 3.8) is 0 Å². The van der Waals surface area contributed by atoms with Crippen LogP contribution in [0.3, 0.4) is 0 Å². The zero-order valence-electron chi connectivity index (χ0n) is 18.5. The Kier molecular flexibility index (Phi) is 5.35. The van der Waals surface area contributed by atoms with Gasteiger partial charge in [-0.3, -0.25) is 9.78 Å². The van der Waals surface area contributed by atoms with Gasteiger partial charge in [-0.2, -0.15) is 4.31 Å². The first kappa shape index (κ1) is 21.5. The Labute approximate surface area is 182 Å². The summed E-state index contributed by atoms with van der Waals surface area (Å²) >= 11 is 0. The molecule has 0 saturated carbocycles. The van der Waals surface area contributed by atoms with Crippen molar-refractivity contribution < 1.29 is 8.42 Å². The van der Waals surface area contributed by atoms with Crippen LogP contribution >= 0.6 is 0 Å². The van der Waals surface area contributed by atoms with Crippen LogP contribution in [0, 0.1) is 27.7 Å². The first-order valence-electron chi connectivity index (χ1n) is 10.3. The first-order chi connectivity index (χ1) is 14.6. The maximum atomic E-state index is 13.5. The predicted octanol–water partition coefficient (Wildman–Crippen LogP) is 2.07. The Bertz CT molecular complexity index is 1310. The molecule has 3 heterocycles. The highest BCUT2D eigenvalue weighted by atomic mass is 32.2. The Balaban J connectivity index is 1.64. The van der Waals surface area contributed by atoms with Crippen LogP contribution in [0.1, 0.15) is 22.3 Å². The highest BCUT2D eigenvalue weighted by Gasteiger charge is 2.32. The molecule has 4 rings (SSSR count). The fourth-order valence-corrected chi connectivity index (χ4v) is 6.19. The molecule has 1 aliphatic rings. The minimum atomic E-state index is -3.63. The molecule has 3 aromatic rings. The number of hydrogen-bond acceptors (Lipinski definition) is 6. The van der Waals surface area contributed by atoms with Crippen molar-refractivity contribution in [1.29, 1.82) is 0 Å². The number of rotatable bonds is 3. The Morgan fingerprint density at radius 3 is 2.19 bits per heavy atom. The molecule has 9 heteroatoms. The van der Waals surface area contributed by atoms with E-state index in [0.29, 0.717) is 47.9 Å². The summed E-state index contributed by atoms with van der Waals surface area (Å²) < 4.78 is 30.0. The number of sulfonamides is 1. The van der Waals surface area contributed by atoms with E-state index >= 15 is 0 Å². The van der Waals surface area contributed by atoms with Crippen LogP contribution in [0.25, 0.3) is 11.0 Å². The third-order valence-corrected chi connectivity index (χ3v) is 8.47. The second-order valence-corrected chi connectivity index (χ2v) is 10.0. The van der Waals surface area contributed by atoms with Gasteiger partial charge in [0.2, 0.25) is 10.0 Å². The summed E-state index contributed by atoms with van der Waals surface area (Å²) in [5.41, 5.74) is 4.67. The lowest BCUT2D eigenvalue weighted by Crippen LogP contribution is -2.50. The summed E-state index contributed by atoms with van der Waals surface area (Å²) in [4.78, 5) is 23.7. The van der Waals surface area contributed by atoms with Gasteiger partial charge in [0.05, 0.1) is 22.1 Å². The average Bonchev–Trinajstić information content (AvgIpc) is 2.75. The highest BCUT2D eigenvalue weighted by Crippen LogP contribution is 2.29. The van der Waals surface area contributed by atoms with E-state index in [1.165, 1.54) is 8.87 Å². The van der Waals surface area contributed by atoms with Crippen LogP contribution in [0.15, 0.2) is 34.2 Å². The lowest BCUT2D eigenvalue weighted by molar-refractivity contribution is 0.382. The number of aromatic nitrogens is 3. The second kappa shape index (κ2) is 7.72. The van der Waals surface area contributed by atoms with Crippen LogP contribution in [0.5, 0.6) is 0 Å². The number of benzene rings is 1. The monoisotopic (exact) mass is 441 g/mol. The molecule has 0 spiro atoms. The number of nitrogens with zero attached hydrogens (tertiary/aromatic N) is 5. The van der Waals surface area contributed by atoms with Gasteiger partial charge >= 0.3 is 0 Å². The zero-order chi connectivity index (χ0) is 22.5. The van der Waals surface area contributed by atoms with Gasteiger partial charge in [-0.25, -0.2) is 13.4 Å². The van der Waals surface area contributed by atoms with Crippen molar-refractivity contribution in [2.75, 3.05) is 31.1 Å². The Morgan fingerprint density at radius 1 is 0.968 bits per heavy atom. The molecule has 1 fully saturated rings. The number of piperazine rings is 1. The van der Waals surface area contributed by atoms with Gasteiger partial charge in [-0.05, 0) is 56.0 Å². The molecule has 1 aromatic carbocycles. The van der Waals surface area contributed by atoms with Crippen LogP contribution in [0.2, 0.25) is 0 Å². The highest BCUT2D eigenvalue weighted by molar-refractivity contribution is 7.89. The van der Waals surface area contributed by atoms with E-state index in [4.69, 9.17) is 0 Å². The zero-order valence-corrected chi connectivity index (χ0v) is 19.3. The normalized spacial score (nSPS) is 15.6. The number of pyridine rings is 1. The van der Waals surface area contributed by atoms with Crippen molar-refractivity contribution in [3.8, 4) is 0 Å². The predicted molar refractivity (Wildman–Crippen MR) is 121 cm³/mol. The van der Waals surface area contributed by atoms with E-state index in [9.17, 15) is 13.2 Å². The average molecular weight is 442 g/mol. The molecule has 0 amide bonds. The molecule has 0 unspecified atom stereocenters. The fourth-order valence-electron chi connectivity index (χ4n) is 4.20. The van der Waals surface area contributed by atoms with Crippen LogP contribution in [-0.2, 0) is 17.1 Å². The molecular formula is C22H27N5O3S. The maximum Gasteiger partial charge on any atom is 0.293 e. The summed E-state index contributed by atoms with van der Waals surface area (Å²) in [5.74, 6) is 0.344. The van der Waals surface area contributed by atoms with Crippen molar-refractivity contribution >= 4 is 26.9 Å². The van der Waals surface area contributed by atoms with Gasteiger partial charge in [0.15, 0.2) is 5.82 Å². The molecule has 0 radical (unpaired) electrons. The smallest absolute Gasteiger partial charge is 0.293 e. The third kappa shape index (κ3) is 3.51. The van der Waals surface area contributed by atoms with Gasteiger partial charge < -0.3 is 9.47 Å². The van der Waals surface area contributed by atoms with E-state index in [2.05, 4.69) is 9.97 Å². The Morgan fingerprint density at radius 2 is 1.58 bits per heavy atom. The molecule has 1 aliphatic heterocycles. The maximum absolute atomic E-state index is 13.5. The molecule has 0 bridgehead atoms. The van der Waals surface area contributed by atoms with E-state index in [-0.39, 0.29) is 5.56 Å². The molecular weight excluding hydrogens is 414 g/mol. The first-order valence-corrected chi connectivity index (χ1v) is 11.7. The summed E-state index contributed by atoms with van der Waals surface area (Å²) in [7, 11) is -1.93. The summed E-state index contributed by atoms with van der Waals surface area (Å²) in [6.45, 7) is 9.01. The summed E-state index contributed by atoms with van der Waals surface area (Å²) in [6, 6.07) is 3.79. The largest absolute Gasteiger partial charge is 0.349 e. The number of hydrogen-bond donors (Lipinski definition) is 0. The van der Waals surface area contributed by atoms with Crippen molar-refractivity contribution in [1.82, 2.24) is 18.8 Å². The van der Waals surface area contributed by atoms with Crippen molar-refractivity contribution in [2.45, 2.75) is 32.6 Å². The van der Waals surface area contributed by atoms with E-state index in [1.54, 1.807) is 25.5 Å². The van der Waals surface area contributed by atoms with E-state index < -0.39 is 10.0 Å². The van der Waals surface area contributed by atoms with Gasteiger partial charge in [0.25, 0.3) is 5.56 Å². The second-order valence-electron chi connectivity index (χ2n) is 8.14. The number of anilines is 1. The van der Waals surface area contributed by atoms with Gasteiger partial charge in [-0.15, -0.1) is 0 Å². The molecule has 8 nitrogen and oxygen atoms in total. The topological polar surface area (TPSA) is 88.4 Å². The SMILES string of the molecule is Cc1cc(C)c(C)c(S(=O)(=O)N2CCN(c3nc4ccncc4n(C)c3=O)CC2)c1C. The van der Waals surface area contributed by atoms with E-state index in [1.807, 2.05) is 38.7 Å². The number of fused-ring (bicyclic) bond motifs is 1. The van der Waals surface area contributed by atoms with Gasteiger partial charge in [-0.1, -0.05) is 6.07 Å². The minimum absolute atomic E-state index is 0.210. The standard InChI is InChI=1S/C22H27N5O3S/c1-14-12-15(2)17(4)20(16(14)3)31(29,30)27-10-8-26(9-11-27)21-22(28)25(5)19-13-23-7-6-18(19)24-21/h6-7,12-13H,8-11H2,1-5H3. The molecule has 0 N–H and O–H groups in total. The van der Waals surface area contributed by atoms with Crippen molar-refractivity contribution in [3.05, 3.63) is 57.1 Å². The quantitative estimate of drug-likeness (QED) is 0.618. The van der Waals surface area contributed by atoms with Crippen LogP contribution < -0.4 is 10.5 Å². The molecule has 31 heavy (non-hydrogen) atoms. The number of aryl methyl sites for hydroxylation is 3.